The number of carbonyl (C=O) groups excluding carboxylic acids is 1. The Morgan fingerprint density at radius 2 is 2.03 bits per heavy atom. The van der Waals surface area contributed by atoms with Crippen LogP contribution >= 0.6 is 11.6 Å². The predicted octanol–water partition coefficient (Wildman–Crippen LogP) is 3.83. The van der Waals surface area contributed by atoms with Crippen LogP contribution in [0.3, 0.4) is 0 Å². The van der Waals surface area contributed by atoms with Crippen LogP contribution in [-0.2, 0) is 13.1 Å². The molecular weight excluding hydrogens is 400 g/mol. The molecule has 0 atom stereocenters. The lowest BCUT2D eigenvalue weighted by Gasteiger charge is -2.12. The Balaban J connectivity index is 1.50. The van der Waals surface area contributed by atoms with Gasteiger partial charge in [0.1, 0.15) is 5.82 Å². The molecule has 0 saturated carbocycles. The summed E-state index contributed by atoms with van der Waals surface area (Å²) >= 11 is 5.93. The zero-order chi connectivity index (χ0) is 20.7. The summed E-state index contributed by atoms with van der Waals surface area (Å²) in [6.07, 6.45) is 3.63. The second kappa shape index (κ2) is 7.37. The van der Waals surface area contributed by atoms with Gasteiger partial charge in [-0.1, -0.05) is 23.7 Å². The molecule has 0 radical (unpaired) electrons. The molecule has 4 aromatic rings. The van der Waals surface area contributed by atoms with Crippen molar-refractivity contribution in [2.24, 2.45) is 0 Å². The fraction of sp³-hybridized carbons (Fsp3) is 0.0909. The molecule has 0 aliphatic carbocycles. The molecule has 3 heterocycles. The fourth-order valence-corrected chi connectivity index (χ4v) is 3.83. The number of carbonyl (C=O) groups is 1. The van der Waals surface area contributed by atoms with Gasteiger partial charge in [-0.15, -0.1) is 0 Å². The Morgan fingerprint density at radius 3 is 2.87 bits per heavy atom. The van der Waals surface area contributed by atoms with Gasteiger partial charge in [-0.05, 0) is 47.0 Å². The lowest BCUT2D eigenvalue weighted by atomic mass is 9.97. The average molecular weight is 419 g/mol. The zero-order valence-corrected chi connectivity index (χ0v) is 16.7. The molecule has 1 aliphatic rings. The first-order valence-electron chi connectivity index (χ1n) is 9.50. The quantitative estimate of drug-likeness (QED) is 0.346. The first-order chi connectivity index (χ1) is 14.6. The molecule has 0 fully saturated rings. The van der Waals surface area contributed by atoms with Crippen molar-refractivity contribution in [3.63, 3.8) is 0 Å². The molecule has 6 N–H and O–H groups in total. The molecule has 0 unspecified atom stereocenters. The highest BCUT2D eigenvalue weighted by atomic mass is 35.5. The van der Waals surface area contributed by atoms with Gasteiger partial charge in [0, 0.05) is 35.3 Å². The van der Waals surface area contributed by atoms with Gasteiger partial charge in [0.05, 0.1) is 23.0 Å². The second-order valence-electron chi connectivity index (χ2n) is 7.20. The molecule has 7 nitrogen and oxygen atoms in total. The number of pyridine rings is 1. The number of aromatic amines is 1. The molecule has 0 bridgehead atoms. The minimum absolute atomic E-state index is 0.153. The molecule has 8 heteroatoms. The van der Waals surface area contributed by atoms with Crippen LogP contribution in [0.4, 0.5) is 11.5 Å². The molecule has 1 aliphatic heterocycles. The van der Waals surface area contributed by atoms with Gasteiger partial charge in [-0.25, -0.2) is 10.4 Å². The third-order valence-corrected chi connectivity index (χ3v) is 5.47. The van der Waals surface area contributed by atoms with Gasteiger partial charge in [0.25, 0.3) is 5.91 Å². The summed E-state index contributed by atoms with van der Waals surface area (Å²) in [6.45, 7) is 1.05. The Kier molecular flexibility index (Phi) is 4.54. The van der Waals surface area contributed by atoms with E-state index in [9.17, 15) is 4.79 Å². The maximum Gasteiger partial charge on any atom is 0.253 e. The maximum absolute atomic E-state index is 13.0. The second-order valence-corrected chi connectivity index (χ2v) is 7.64. The summed E-state index contributed by atoms with van der Waals surface area (Å²) in [7, 11) is 0. The van der Waals surface area contributed by atoms with Crippen LogP contribution in [0.25, 0.3) is 22.0 Å². The average Bonchev–Trinajstić information content (AvgIpc) is 3.38. The number of benzene rings is 2. The van der Waals surface area contributed by atoms with Crippen LogP contribution < -0.4 is 21.9 Å². The summed E-state index contributed by atoms with van der Waals surface area (Å²) in [5, 5.41) is 4.63. The number of H-pyrrole nitrogens is 1. The van der Waals surface area contributed by atoms with E-state index in [-0.39, 0.29) is 5.91 Å². The number of aromatic nitrogens is 2. The van der Waals surface area contributed by atoms with Crippen LogP contribution in [0.5, 0.6) is 0 Å². The molecule has 2 aromatic carbocycles. The number of hydrogen-bond donors (Lipinski definition) is 5. The van der Waals surface area contributed by atoms with Gasteiger partial charge in [0.15, 0.2) is 0 Å². The monoisotopic (exact) mass is 418 g/mol. The van der Waals surface area contributed by atoms with Crippen molar-refractivity contribution < 1.29 is 4.79 Å². The van der Waals surface area contributed by atoms with Crippen molar-refractivity contribution in [3.05, 3.63) is 76.6 Å². The smallest absolute Gasteiger partial charge is 0.253 e. The molecular formula is C22H19ClN6O. The van der Waals surface area contributed by atoms with Crippen molar-refractivity contribution >= 4 is 39.9 Å². The number of fused-ring (bicyclic) bond motifs is 2. The first-order valence-corrected chi connectivity index (χ1v) is 9.88. The minimum Gasteiger partial charge on any atom is -0.384 e. The molecule has 5 rings (SSSR count). The first kappa shape index (κ1) is 18.5. The highest BCUT2D eigenvalue weighted by Gasteiger charge is 2.21. The van der Waals surface area contributed by atoms with Gasteiger partial charge in [0.2, 0.25) is 0 Å². The van der Waals surface area contributed by atoms with Gasteiger partial charge < -0.3 is 21.5 Å². The fourth-order valence-electron chi connectivity index (χ4n) is 3.71. The normalized spacial score (nSPS) is 12.6. The molecule has 30 heavy (non-hydrogen) atoms. The van der Waals surface area contributed by atoms with E-state index in [1.165, 1.54) is 0 Å². The van der Waals surface area contributed by atoms with E-state index >= 15 is 0 Å². The van der Waals surface area contributed by atoms with E-state index in [1.807, 2.05) is 42.6 Å². The Hall–Kier alpha value is -3.55. The van der Waals surface area contributed by atoms with Crippen molar-refractivity contribution in [2.75, 3.05) is 11.2 Å². The highest BCUT2D eigenvalue weighted by molar-refractivity contribution is 6.30. The SMILES string of the molecule is Nc1cc2c(-c3cc4c(c(C(=O)NCc5ccc(Cl)cc5)c3)NNC4)c[nH]c2cn1. The third kappa shape index (κ3) is 3.34. The summed E-state index contributed by atoms with van der Waals surface area (Å²) < 4.78 is 0. The number of hydrazine groups is 1. The lowest BCUT2D eigenvalue weighted by Crippen LogP contribution is -2.24. The van der Waals surface area contributed by atoms with Crippen molar-refractivity contribution in [1.82, 2.24) is 20.7 Å². The molecule has 0 spiro atoms. The number of nitrogens with two attached hydrogens (primary N) is 1. The van der Waals surface area contributed by atoms with Crippen LogP contribution in [0.2, 0.25) is 5.02 Å². The molecule has 150 valence electrons. The number of halogens is 1. The number of nitrogens with zero attached hydrogens (tertiary/aromatic N) is 1. The maximum atomic E-state index is 13.0. The van der Waals surface area contributed by atoms with E-state index < -0.39 is 0 Å². The van der Waals surface area contributed by atoms with Crippen LogP contribution in [0.15, 0.2) is 54.9 Å². The number of rotatable bonds is 4. The Labute approximate surface area is 177 Å². The van der Waals surface area contributed by atoms with Crippen LogP contribution in [0, 0.1) is 0 Å². The lowest BCUT2D eigenvalue weighted by molar-refractivity contribution is 0.0951. The largest absolute Gasteiger partial charge is 0.384 e. The van der Waals surface area contributed by atoms with E-state index in [2.05, 4.69) is 32.2 Å². The molecule has 0 saturated heterocycles. The number of amides is 1. The summed E-state index contributed by atoms with van der Waals surface area (Å²) in [4.78, 5) is 20.4. The Morgan fingerprint density at radius 1 is 1.20 bits per heavy atom. The summed E-state index contributed by atoms with van der Waals surface area (Å²) in [6, 6.07) is 13.2. The molecule has 2 aromatic heterocycles. The van der Waals surface area contributed by atoms with E-state index in [1.54, 1.807) is 6.20 Å². The van der Waals surface area contributed by atoms with Gasteiger partial charge in [-0.2, -0.15) is 0 Å². The summed E-state index contributed by atoms with van der Waals surface area (Å²) in [5.74, 6) is 0.300. The zero-order valence-electron chi connectivity index (χ0n) is 15.9. The van der Waals surface area contributed by atoms with Gasteiger partial charge >= 0.3 is 0 Å². The standard InChI is InChI=1S/C22H19ClN6O/c23-15-3-1-12(2-4-15)8-27-22(30)17-6-13(5-14-9-28-29-21(14)17)18-10-25-19-11-26-20(24)7-16(18)19/h1-7,10-11,25,28-29H,8-9H2,(H2,24,26)(H,27,30). The van der Waals surface area contributed by atoms with Crippen LogP contribution in [-0.4, -0.2) is 15.9 Å². The number of nitrogen functional groups attached to an aromatic ring is 1. The van der Waals surface area contributed by atoms with Crippen molar-refractivity contribution in [2.45, 2.75) is 13.1 Å². The summed E-state index contributed by atoms with van der Waals surface area (Å²) in [5.41, 5.74) is 18.3. The van der Waals surface area contributed by atoms with Gasteiger partial charge in [-0.3, -0.25) is 4.79 Å². The van der Waals surface area contributed by atoms with E-state index in [0.29, 0.717) is 29.5 Å². The topological polar surface area (TPSA) is 108 Å². The predicted molar refractivity (Wildman–Crippen MR) is 119 cm³/mol. The number of hydrogen-bond acceptors (Lipinski definition) is 5. The number of nitrogens with one attached hydrogen (secondary N) is 4. The van der Waals surface area contributed by atoms with Crippen LogP contribution in [0.1, 0.15) is 21.5 Å². The van der Waals surface area contributed by atoms with E-state index in [4.69, 9.17) is 17.3 Å². The van der Waals surface area contributed by atoms with Crippen molar-refractivity contribution in [3.8, 4) is 11.1 Å². The highest BCUT2D eigenvalue weighted by Crippen LogP contribution is 2.35. The van der Waals surface area contributed by atoms with E-state index in [0.717, 1.165) is 38.8 Å². The minimum atomic E-state index is -0.153. The molecule has 1 amide bonds. The Bertz CT molecular complexity index is 1260. The third-order valence-electron chi connectivity index (χ3n) is 5.22. The van der Waals surface area contributed by atoms with Crippen molar-refractivity contribution in [1.29, 1.82) is 0 Å². The number of anilines is 2.